The number of nitrogens with one attached hydrogen (secondary N) is 1. The molecule has 3 aliphatic carbocycles. The summed E-state index contributed by atoms with van der Waals surface area (Å²) in [6.45, 7) is 4.00. The van der Waals surface area contributed by atoms with Gasteiger partial charge in [-0.05, 0) is 75.5 Å². The average Bonchev–Trinajstić information content (AvgIpc) is 3.32. The van der Waals surface area contributed by atoms with Crippen LogP contribution in [0.3, 0.4) is 0 Å². The van der Waals surface area contributed by atoms with E-state index in [-0.39, 0.29) is 34.6 Å². The van der Waals surface area contributed by atoms with Crippen LogP contribution in [0.2, 0.25) is 10.0 Å². The van der Waals surface area contributed by atoms with E-state index in [0.717, 1.165) is 50.4 Å². The molecule has 3 nitrogen and oxygen atoms in total. The normalized spacial score (nSPS) is 26.2. The largest absolute Gasteiger partial charge is 0.349 e. The minimum absolute atomic E-state index is 0.0517. The van der Waals surface area contributed by atoms with Crippen molar-refractivity contribution < 1.29 is 9.18 Å². The van der Waals surface area contributed by atoms with Gasteiger partial charge in [0.05, 0.1) is 16.1 Å². The van der Waals surface area contributed by atoms with Gasteiger partial charge in [0.15, 0.2) is 0 Å². The van der Waals surface area contributed by atoms with Crippen molar-refractivity contribution >= 4 is 29.1 Å². The number of amides is 1. The number of hydrogen-bond acceptors (Lipinski definition) is 2. The Hall–Kier alpha value is -0.840. The van der Waals surface area contributed by atoms with E-state index in [9.17, 15) is 9.18 Å². The second-order valence-electron chi connectivity index (χ2n) is 8.05. The molecule has 4 rings (SSSR count). The lowest BCUT2D eigenvalue weighted by atomic mass is 9.80. The lowest BCUT2D eigenvalue weighted by molar-refractivity contribution is -0.126. The molecule has 0 aromatic heterocycles. The molecule has 0 heterocycles. The van der Waals surface area contributed by atoms with Crippen LogP contribution in [-0.4, -0.2) is 13.0 Å². The zero-order valence-electron chi connectivity index (χ0n) is 17.8. The van der Waals surface area contributed by atoms with Crippen molar-refractivity contribution in [1.82, 2.24) is 5.32 Å². The fourth-order valence-electron chi connectivity index (χ4n) is 4.90. The van der Waals surface area contributed by atoms with Crippen LogP contribution in [0.5, 0.6) is 0 Å². The first-order chi connectivity index (χ1) is 14.0. The molecule has 29 heavy (non-hydrogen) atoms. The molecule has 0 spiro atoms. The summed E-state index contributed by atoms with van der Waals surface area (Å²) < 4.78 is 14.7. The SMILES string of the molecule is CC.CN.O=C(NC(c1c(F)ccc(Cl)c1Cl)C1CCC2CC2C1)C1CCCC1. The number of benzene rings is 1. The van der Waals surface area contributed by atoms with E-state index >= 15 is 0 Å². The third-order valence-electron chi connectivity index (χ3n) is 6.47. The molecule has 4 unspecified atom stereocenters. The lowest BCUT2D eigenvalue weighted by Crippen LogP contribution is -2.38. The molecule has 0 bridgehead atoms. The van der Waals surface area contributed by atoms with Crippen molar-refractivity contribution in [2.45, 2.75) is 71.3 Å². The molecule has 1 aromatic carbocycles. The van der Waals surface area contributed by atoms with Gasteiger partial charge in [-0.1, -0.05) is 49.9 Å². The molecule has 3 saturated carbocycles. The summed E-state index contributed by atoms with van der Waals surface area (Å²) in [7, 11) is 1.50. The summed E-state index contributed by atoms with van der Waals surface area (Å²) in [5.74, 6) is 1.56. The fraction of sp³-hybridized carbons (Fsp3) is 0.696. The molecule has 1 aromatic rings. The molecule has 3 N–H and O–H groups in total. The summed E-state index contributed by atoms with van der Waals surface area (Å²) in [4.78, 5) is 12.8. The zero-order chi connectivity index (χ0) is 21.6. The summed E-state index contributed by atoms with van der Waals surface area (Å²) >= 11 is 12.5. The first kappa shape index (κ1) is 24.4. The van der Waals surface area contributed by atoms with Crippen LogP contribution in [0, 0.1) is 29.5 Å². The Balaban J connectivity index is 0.000000707. The molecule has 4 atom stereocenters. The van der Waals surface area contributed by atoms with Gasteiger partial charge in [-0.15, -0.1) is 0 Å². The monoisotopic (exact) mass is 444 g/mol. The number of fused-ring (bicyclic) bond motifs is 1. The number of halogens is 3. The zero-order valence-corrected chi connectivity index (χ0v) is 19.3. The highest BCUT2D eigenvalue weighted by Crippen LogP contribution is 2.54. The van der Waals surface area contributed by atoms with E-state index in [0.29, 0.717) is 10.6 Å². The number of hydrogen-bond donors (Lipinski definition) is 2. The molecular formula is C23H35Cl2FN2O. The van der Waals surface area contributed by atoms with Gasteiger partial charge in [0.2, 0.25) is 5.91 Å². The van der Waals surface area contributed by atoms with Crippen molar-refractivity contribution in [3.05, 3.63) is 33.6 Å². The van der Waals surface area contributed by atoms with Gasteiger partial charge in [-0.3, -0.25) is 4.79 Å². The average molecular weight is 445 g/mol. The molecule has 3 fully saturated rings. The lowest BCUT2D eigenvalue weighted by Gasteiger charge is -2.32. The molecule has 6 heteroatoms. The predicted octanol–water partition coefficient (Wildman–Crippen LogP) is 6.52. The van der Waals surface area contributed by atoms with Crippen LogP contribution in [0.25, 0.3) is 0 Å². The Labute approximate surface area is 184 Å². The second kappa shape index (κ2) is 11.5. The Morgan fingerprint density at radius 1 is 1.07 bits per heavy atom. The van der Waals surface area contributed by atoms with Crippen LogP contribution in [0.1, 0.15) is 76.8 Å². The third-order valence-corrected chi connectivity index (χ3v) is 7.29. The number of rotatable bonds is 4. The van der Waals surface area contributed by atoms with Gasteiger partial charge in [0, 0.05) is 11.5 Å². The maximum atomic E-state index is 14.7. The van der Waals surface area contributed by atoms with Crippen molar-refractivity contribution in [3.63, 3.8) is 0 Å². The highest BCUT2D eigenvalue weighted by molar-refractivity contribution is 6.42. The molecule has 3 aliphatic rings. The minimum atomic E-state index is -0.374. The first-order valence-corrected chi connectivity index (χ1v) is 11.8. The van der Waals surface area contributed by atoms with Gasteiger partial charge in [0.25, 0.3) is 0 Å². The standard InChI is InChI=1S/C20H24Cl2FNO.C2H6.CH5N/c21-15-7-8-16(23)17(18(15)22)19(13-6-5-12-9-14(12)10-13)24-20(25)11-3-1-2-4-11;2*1-2/h7-8,11-14,19H,1-6,9-10H2,(H,24,25);1-2H3;2H2,1H3. The third kappa shape index (κ3) is 5.86. The number of carbonyl (C=O) groups excluding carboxylic acids is 1. The van der Waals surface area contributed by atoms with Crippen LogP contribution in [0.4, 0.5) is 4.39 Å². The topological polar surface area (TPSA) is 55.1 Å². The van der Waals surface area contributed by atoms with E-state index in [4.69, 9.17) is 23.2 Å². The highest BCUT2D eigenvalue weighted by Gasteiger charge is 2.45. The van der Waals surface area contributed by atoms with E-state index in [2.05, 4.69) is 11.1 Å². The van der Waals surface area contributed by atoms with Crippen molar-refractivity contribution in [2.75, 3.05) is 7.05 Å². The Bertz CT molecular complexity index is 679. The van der Waals surface area contributed by atoms with E-state index in [1.807, 2.05) is 13.8 Å². The predicted molar refractivity (Wildman–Crippen MR) is 120 cm³/mol. The van der Waals surface area contributed by atoms with Gasteiger partial charge < -0.3 is 11.1 Å². The summed E-state index contributed by atoms with van der Waals surface area (Å²) in [5.41, 5.74) is 4.88. The molecular weight excluding hydrogens is 410 g/mol. The summed E-state index contributed by atoms with van der Waals surface area (Å²) in [6, 6.07) is 2.47. The van der Waals surface area contributed by atoms with Crippen molar-refractivity contribution in [3.8, 4) is 0 Å². The number of carbonyl (C=O) groups is 1. The van der Waals surface area contributed by atoms with E-state index < -0.39 is 0 Å². The highest BCUT2D eigenvalue weighted by atomic mass is 35.5. The van der Waals surface area contributed by atoms with Gasteiger partial charge >= 0.3 is 0 Å². The maximum Gasteiger partial charge on any atom is 0.223 e. The smallest absolute Gasteiger partial charge is 0.223 e. The maximum absolute atomic E-state index is 14.7. The molecule has 164 valence electrons. The Morgan fingerprint density at radius 3 is 2.34 bits per heavy atom. The number of nitrogens with two attached hydrogens (primary N) is 1. The van der Waals surface area contributed by atoms with E-state index in [1.54, 1.807) is 0 Å². The molecule has 0 saturated heterocycles. The minimum Gasteiger partial charge on any atom is -0.349 e. The molecule has 0 aliphatic heterocycles. The fourth-order valence-corrected chi connectivity index (χ4v) is 5.34. The summed E-state index contributed by atoms with van der Waals surface area (Å²) in [5, 5.41) is 3.76. The Kier molecular flexibility index (Phi) is 9.71. The first-order valence-electron chi connectivity index (χ1n) is 11.1. The van der Waals surface area contributed by atoms with E-state index in [1.165, 1.54) is 32.0 Å². The van der Waals surface area contributed by atoms with Crippen LogP contribution in [0.15, 0.2) is 12.1 Å². The Morgan fingerprint density at radius 2 is 1.72 bits per heavy atom. The quantitative estimate of drug-likeness (QED) is 0.519. The van der Waals surface area contributed by atoms with Crippen molar-refractivity contribution in [1.29, 1.82) is 0 Å². The van der Waals surface area contributed by atoms with Crippen LogP contribution in [-0.2, 0) is 4.79 Å². The second-order valence-corrected chi connectivity index (χ2v) is 8.84. The molecule has 1 amide bonds. The van der Waals surface area contributed by atoms with Crippen molar-refractivity contribution in [2.24, 2.45) is 29.4 Å². The summed E-state index contributed by atoms with van der Waals surface area (Å²) in [6.07, 6.45) is 8.57. The molecule has 0 radical (unpaired) electrons. The van der Waals surface area contributed by atoms with Gasteiger partial charge in [-0.25, -0.2) is 4.39 Å². The van der Waals surface area contributed by atoms with Gasteiger partial charge in [0.1, 0.15) is 5.82 Å². The van der Waals surface area contributed by atoms with Crippen LogP contribution < -0.4 is 11.1 Å². The van der Waals surface area contributed by atoms with Crippen LogP contribution >= 0.6 is 23.2 Å². The van der Waals surface area contributed by atoms with Gasteiger partial charge in [-0.2, -0.15) is 0 Å².